The summed E-state index contributed by atoms with van der Waals surface area (Å²) in [6.07, 6.45) is 3.28. The van der Waals surface area contributed by atoms with Crippen LogP contribution in [0.2, 0.25) is 0 Å². The fourth-order valence-corrected chi connectivity index (χ4v) is 4.01. The van der Waals surface area contributed by atoms with Crippen molar-refractivity contribution in [3.05, 3.63) is 52.0 Å². The van der Waals surface area contributed by atoms with Gasteiger partial charge in [0.2, 0.25) is 5.91 Å². The third kappa shape index (κ3) is 10.3. The molecule has 0 aliphatic carbocycles. The molecule has 2 heterocycles. The molecule has 0 bridgehead atoms. The summed E-state index contributed by atoms with van der Waals surface area (Å²) in [5, 5.41) is 18.6. The van der Waals surface area contributed by atoms with Gasteiger partial charge in [0, 0.05) is 49.6 Å². The molecule has 40 heavy (non-hydrogen) atoms. The summed E-state index contributed by atoms with van der Waals surface area (Å²) < 4.78 is 5.91. The first-order valence-corrected chi connectivity index (χ1v) is 13.3. The number of carbonyl (C=O) groups excluding carboxylic acids is 1. The molecule has 0 spiro atoms. The number of amides is 1. The van der Waals surface area contributed by atoms with Gasteiger partial charge in [0.05, 0.1) is 24.4 Å². The van der Waals surface area contributed by atoms with Crippen LogP contribution in [-0.2, 0) is 27.2 Å². The van der Waals surface area contributed by atoms with Gasteiger partial charge in [-0.15, -0.1) is 0 Å². The maximum absolute atomic E-state index is 12.6. The van der Waals surface area contributed by atoms with Crippen molar-refractivity contribution >= 4 is 23.5 Å². The summed E-state index contributed by atoms with van der Waals surface area (Å²) in [6, 6.07) is 5.49. The Bertz CT molecular complexity index is 1230. The van der Waals surface area contributed by atoms with E-state index in [9.17, 15) is 19.2 Å². The summed E-state index contributed by atoms with van der Waals surface area (Å²) in [5.74, 6) is -1.47. The first-order chi connectivity index (χ1) is 19.1. The Hall–Kier alpha value is -4.03. The lowest BCUT2D eigenvalue weighted by molar-refractivity contribution is -0.134. The molecule has 218 valence electrons. The van der Waals surface area contributed by atoms with Crippen LogP contribution < -0.4 is 15.6 Å². The van der Waals surface area contributed by atoms with Crippen LogP contribution in [0.3, 0.4) is 0 Å². The predicted octanol–water partition coefficient (Wildman–Crippen LogP) is 2.25. The summed E-state index contributed by atoms with van der Waals surface area (Å²) in [6.45, 7) is 10.6. The van der Waals surface area contributed by atoms with Gasteiger partial charge in [-0.05, 0) is 44.5 Å². The van der Waals surface area contributed by atoms with Crippen molar-refractivity contribution in [3.63, 3.8) is 0 Å². The van der Waals surface area contributed by atoms with E-state index in [1.54, 1.807) is 0 Å². The van der Waals surface area contributed by atoms with Crippen LogP contribution in [0.5, 0.6) is 5.75 Å². The molecule has 1 saturated heterocycles. The van der Waals surface area contributed by atoms with E-state index >= 15 is 0 Å². The number of hydrogen-bond donors (Lipinski definition) is 4. The molecule has 0 radical (unpaired) electrons. The Morgan fingerprint density at radius 2 is 1.70 bits per heavy atom. The van der Waals surface area contributed by atoms with Crippen molar-refractivity contribution < 1.29 is 29.3 Å². The fraction of sp³-hybridized carbons (Fsp3) is 0.464. The zero-order chi connectivity index (χ0) is 29.7. The molecule has 1 aromatic carbocycles. The molecular weight excluding hydrogens is 518 g/mol. The van der Waals surface area contributed by atoms with E-state index in [1.165, 1.54) is 0 Å². The SMILES string of the molecule is CCCOc1ccc(NC(=O)CN2CCN(C)CC2)cc1-c1nc(CC)c(CC)c(=O)[nH]1.O=C(O)/C=C/C(=O)O. The number of likely N-dealkylation sites (N-methyl/N-ethyl adjacent to an activating group) is 1. The largest absolute Gasteiger partial charge is 0.493 e. The van der Waals surface area contributed by atoms with Gasteiger partial charge in [-0.3, -0.25) is 14.5 Å². The highest BCUT2D eigenvalue weighted by atomic mass is 16.5. The number of aromatic nitrogens is 2. The van der Waals surface area contributed by atoms with Gasteiger partial charge in [-0.1, -0.05) is 20.8 Å². The van der Waals surface area contributed by atoms with Crippen molar-refractivity contribution in [3.8, 4) is 17.1 Å². The molecule has 1 aromatic heterocycles. The van der Waals surface area contributed by atoms with E-state index in [1.807, 2.05) is 39.0 Å². The quantitative estimate of drug-likeness (QED) is 0.301. The van der Waals surface area contributed by atoms with E-state index in [4.69, 9.17) is 19.9 Å². The second kappa shape index (κ2) is 16.2. The number of aliphatic carboxylic acids is 2. The minimum atomic E-state index is -1.26. The smallest absolute Gasteiger partial charge is 0.328 e. The zero-order valence-corrected chi connectivity index (χ0v) is 23.5. The second-order valence-corrected chi connectivity index (χ2v) is 9.24. The molecule has 1 aliphatic heterocycles. The lowest BCUT2D eigenvalue weighted by Crippen LogP contribution is -2.47. The van der Waals surface area contributed by atoms with Crippen LogP contribution in [0.25, 0.3) is 11.4 Å². The van der Waals surface area contributed by atoms with E-state index in [-0.39, 0.29) is 11.5 Å². The number of benzene rings is 1. The average molecular weight is 558 g/mol. The standard InChI is InChI=1S/C24H35N5O3.C4H4O4/c1-5-14-32-21-9-8-17(25-22(30)16-29-12-10-28(4)11-13-29)15-19(21)23-26-20(7-3)18(6-2)24(31)27-23;5-3(6)1-2-4(7)8/h8-9,15H,5-7,10-14,16H2,1-4H3,(H,25,30)(H,26,27,31);1-2H,(H,5,6)(H,7,8)/b;2-1+. The third-order valence-electron chi connectivity index (χ3n) is 6.10. The van der Waals surface area contributed by atoms with Gasteiger partial charge < -0.3 is 30.2 Å². The molecular formula is C28H39N5O7. The first-order valence-electron chi connectivity index (χ1n) is 13.3. The lowest BCUT2D eigenvalue weighted by atomic mass is 10.1. The number of carboxylic acid groups (broad SMARTS) is 2. The van der Waals surface area contributed by atoms with Crippen molar-refractivity contribution in [1.29, 1.82) is 0 Å². The van der Waals surface area contributed by atoms with Crippen LogP contribution in [0.4, 0.5) is 5.69 Å². The van der Waals surface area contributed by atoms with Crippen LogP contribution in [-0.4, -0.2) is 94.2 Å². The molecule has 1 amide bonds. The molecule has 2 aromatic rings. The number of hydrogen-bond acceptors (Lipinski definition) is 8. The molecule has 0 atom stereocenters. The number of carbonyl (C=O) groups is 3. The molecule has 1 fully saturated rings. The zero-order valence-electron chi connectivity index (χ0n) is 23.5. The fourth-order valence-electron chi connectivity index (χ4n) is 4.01. The van der Waals surface area contributed by atoms with Gasteiger partial charge in [-0.2, -0.15) is 0 Å². The number of anilines is 1. The number of rotatable bonds is 11. The van der Waals surface area contributed by atoms with Crippen molar-refractivity contribution in [2.45, 2.75) is 40.0 Å². The monoisotopic (exact) mass is 557 g/mol. The van der Waals surface area contributed by atoms with E-state index in [0.717, 1.165) is 38.3 Å². The summed E-state index contributed by atoms with van der Waals surface area (Å²) >= 11 is 0. The molecule has 12 heteroatoms. The molecule has 1 aliphatic rings. The minimum absolute atomic E-state index is 0.0558. The Morgan fingerprint density at radius 1 is 1.05 bits per heavy atom. The predicted molar refractivity (Wildman–Crippen MR) is 152 cm³/mol. The van der Waals surface area contributed by atoms with E-state index < -0.39 is 11.9 Å². The second-order valence-electron chi connectivity index (χ2n) is 9.24. The number of aryl methyl sites for hydroxylation is 1. The number of ether oxygens (including phenoxy) is 1. The molecule has 0 unspecified atom stereocenters. The van der Waals surface area contributed by atoms with Crippen LogP contribution >= 0.6 is 0 Å². The first kappa shape index (κ1) is 32.2. The summed E-state index contributed by atoms with van der Waals surface area (Å²) in [7, 11) is 2.09. The number of H-pyrrole nitrogens is 1. The van der Waals surface area contributed by atoms with Gasteiger partial charge in [0.25, 0.3) is 5.56 Å². The average Bonchev–Trinajstić information content (AvgIpc) is 2.92. The number of nitrogens with one attached hydrogen (secondary N) is 2. The molecule has 12 nitrogen and oxygen atoms in total. The van der Waals surface area contributed by atoms with Crippen molar-refractivity contribution in [2.24, 2.45) is 0 Å². The molecule has 4 N–H and O–H groups in total. The summed E-state index contributed by atoms with van der Waals surface area (Å²) in [4.78, 5) is 56.4. The topological polar surface area (TPSA) is 165 Å². The van der Waals surface area contributed by atoms with E-state index in [2.05, 4.69) is 27.1 Å². The Kier molecular flexibility index (Phi) is 13.0. The minimum Gasteiger partial charge on any atom is -0.493 e. The number of aromatic amines is 1. The van der Waals surface area contributed by atoms with Crippen LogP contribution in [0, 0.1) is 0 Å². The maximum atomic E-state index is 12.6. The van der Waals surface area contributed by atoms with Gasteiger partial charge >= 0.3 is 11.9 Å². The van der Waals surface area contributed by atoms with Gasteiger partial charge in [0.15, 0.2) is 0 Å². The van der Waals surface area contributed by atoms with Gasteiger partial charge in [0.1, 0.15) is 11.6 Å². The Labute approximate surface area is 233 Å². The molecule has 3 rings (SSSR count). The normalized spacial score (nSPS) is 13.9. The van der Waals surface area contributed by atoms with Crippen molar-refractivity contribution in [1.82, 2.24) is 19.8 Å². The molecule has 0 saturated carbocycles. The van der Waals surface area contributed by atoms with Crippen LogP contribution in [0.15, 0.2) is 35.1 Å². The van der Waals surface area contributed by atoms with Crippen LogP contribution in [0.1, 0.15) is 38.4 Å². The van der Waals surface area contributed by atoms with Gasteiger partial charge in [-0.25, -0.2) is 14.6 Å². The number of carboxylic acids is 2. The Balaban J connectivity index is 0.000000611. The van der Waals surface area contributed by atoms with E-state index in [0.29, 0.717) is 66.5 Å². The number of nitrogens with zero attached hydrogens (tertiary/aromatic N) is 3. The Morgan fingerprint density at radius 3 is 2.25 bits per heavy atom. The van der Waals surface area contributed by atoms with Crippen molar-refractivity contribution in [2.75, 3.05) is 51.7 Å². The lowest BCUT2D eigenvalue weighted by Gasteiger charge is -2.31. The third-order valence-corrected chi connectivity index (χ3v) is 6.10. The highest BCUT2D eigenvalue weighted by Gasteiger charge is 2.18. The highest BCUT2D eigenvalue weighted by molar-refractivity contribution is 5.93. The number of piperazine rings is 1. The maximum Gasteiger partial charge on any atom is 0.328 e. The summed E-state index contributed by atoms with van der Waals surface area (Å²) in [5.41, 5.74) is 2.70. The highest BCUT2D eigenvalue weighted by Crippen LogP contribution is 2.31.